The van der Waals surface area contributed by atoms with Crippen molar-refractivity contribution in [2.75, 3.05) is 6.61 Å². The third-order valence-corrected chi connectivity index (χ3v) is 3.13. The van der Waals surface area contributed by atoms with E-state index in [9.17, 15) is 19.2 Å². The normalized spacial score (nSPS) is 16.0. The highest BCUT2D eigenvalue weighted by molar-refractivity contribution is 6.01. The van der Waals surface area contributed by atoms with E-state index >= 15 is 0 Å². The number of hydrogen-bond acceptors (Lipinski definition) is 6. The quantitative estimate of drug-likeness (QED) is 0.382. The Balaban J connectivity index is 2.29. The monoisotopic (exact) mass is 299 g/mol. The lowest BCUT2D eigenvalue weighted by atomic mass is 10.1. The Morgan fingerprint density at radius 2 is 1.86 bits per heavy atom. The average Bonchev–Trinajstić information content (AvgIpc) is 2.76. The predicted octanol–water partition coefficient (Wildman–Crippen LogP) is 1.35. The Morgan fingerprint density at radius 1 is 1.24 bits per heavy atom. The first-order valence-corrected chi connectivity index (χ1v) is 7.19. The summed E-state index contributed by atoms with van der Waals surface area (Å²) in [6.45, 7) is 3.95. The van der Waals surface area contributed by atoms with Gasteiger partial charge in [-0.15, -0.1) is 5.06 Å². The van der Waals surface area contributed by atoms with E-state index in [1.54, 1.807) is 6.92 Å². The van der Waals surface area contributed by atoms with Crippen LogP contribution in [0.4, 0.5) is 0 Å². The number of ether oxygens (including phenoxy) is 1. The first-order chi connectivity index (χ1) is 9.95. The Kier molecular flexibility index (Phi) is 6.84. The van der Waals surface area contributed by atoms with Gasteiger partial charge in [0, 0.05) is 19.3 Å². The summed E-state index contributed by atoms with van der Waals surface area (Å²) in [5, 5.41) is 0.512. The van der Waals surface area contributed by atoms with Crippen molar-refractivity contribution in [1.29, 1.82) is 0 Å². The minimum atomic E-state index is -0.694. The molecule has 0 spiro atoms. The maximum atomic E-state index is 11.7. The highest BCUT2D eigenvalue weighted by Crippen LogP contribution is 2.16. The standard InChI is InChI=1S/C14H21NO6/c1-3-4-9-20-13(18)8-5-10(2)14(19)21-15-11(16)6-7-12(15)17/h10H,3-9H2,1-2H3/t10-/m0/s1. The Labute approximate surface area is 123 Å². The SMILES string of the molecule is CCCCOC(=O)CC[C@H](C)C(=O)ON1C(=O)CCC1=O. The zero-order valence-electron chi connectivity index (χ0n) is 12.4. The van der Waals surface area contributed by atoms with Gasteiger partial charge in [-0.1, -0.05) is 20.3 Å². The summed E-state index contributed by atoms with van der Waals surface area (Å²) in [7, 11) is 0. The lowest BCUT2D eigenvalue weighted by Gasteiger charge is -2.16. The summed E-state index contributed by atoms with van der Waals surface area (Å²) in [6.07, 6.45) is 2.22. The third-order valence-electron chi connectivity index (χ3n) is 3.13. The molecular formula is C14H21NO6. The molecule has 1 atom stereocenters. The molecule has 7 heteroatoms. The molecule has 7 nitrogen and oxygen atoms in total. The van der Waals surface area contributed by atoms with Crippen molar-refractivity contribution in [2.45, 2.75) is 52.4 Å². The van der Waals surface area contributed by atoms with E-state index in [-0.39, 0.29) is 31.7 Å². The molecule has 0 aromatic carbocycles. The van der Waals surface area contributed by atoms with Crippen molar-refractivity contribution in [1.82, 2.24) is 5.06 Å². The number of hydrogen-bond donors (Lipinski definition) is 0. The molecule has 0 unspecified atom stereocenters. The van der Waals surface area contributed by atoms with E-state index in [2.05, 4.69) is 0 Å². The summed E-state index contributed by atoms with van der Waals surface area (Å²) in [5.41, 5.74) is 0. The molecule has 1 aliphatic heterocycles. The zero-order valence-corrected chi connectivity index (χ0v) is 12.4. The molecule has 0 aromatic heterocycles. The summed E-state index contributed by atoms with van der Waals surface area (Å²) < 4.78 is 4.97. The maximum Gasteiger partial charge on any atom is 0.335 e. The second-order valence-corrected chi connectivity index (χ2v) is 5.01. The lowest BCUT2D eigenvalue weighted by Crippen LogP contribution is -2.34. The minimum absolute atomic E-state index is 0.0598. The van der Waals surface area contributed by atoms with Gasteiger partial charge in [0.2, 0.25) is 0 Å². The zero-order chi connectivity index (χ0) is 15.8. The summed E-state index contributed by atoms with van der Waals surface area (Å²) in [6, 6.07) is 0. The summed E-state index contributed by atoms with van der Waals surface area (Å²) >= 11 is 0. The number of esters is 1. The molecule has 0 radical (unpaired) electrons. The average molecular weight is 299 g/mol. The number of imide groups is 1. The van der Waals surface area contributed by atoms with Gasteiger partial charge < -0.3 is 9.57 Å². The van der Waals surface area contributed by atoms with Crippen molar-refractivity contribution in [3.05, 3.63) is 0 Å². The van der Waals surface area contributed by atoms with Crippen LogP contribution in [0.3, 0.4) is 0 Å². The van der Waals surface area contributed by atoms with E-state index in [0.29, 0.717) is 11.7 Å². The molecule has 1 aliphatic rings. The van der Waals surface area contributed by atoms with Crippen LogP contribution < -0.4 is 0 Å². The van der Waals surface area contributed by atoms with E-state index in [1.807, 2.05) is 6.92 Å². The van der Waals surface area contributed by atoms with Gasteiger partial charge in [-0.2, -0.15) is 0 Å². The number of carbonyl (C=O) groups is 4. The van der Waals surface area contributed by atoms with Crippen LogP contribution in [0, 0.1) is 5.92 Å². The van der Waals surface area contributed by atoms with Crippen LogP contribution in [0.5, 0.6) is 0 Å². The van der Waals surface area contributed by atoms with Crippen molar-refractivity contribution in [3.63, 3.8) is 0 Å². The maximum absolute atomic E-state index is 11.7. The predicted molar refractivity (Wildman–Crippen MR) is 71.4 cm³/mol. The molecule has 0 saturated carbocycles. The van der Waals surface area contributed by atoms with Gasteiger partial charge in [0.05, 0.1) is 12.5 Å². The van der Waals surface area contributed by atoms with Crippen LogP contribution in [-0.4, -0.2) is 35.4 Å². The number of hydroxylamine groups is 2. The molecule has 0 N–H and O–H groups in total. The number of rotatable bonds is 8. The smallest absolute Gasteiger partial charge is 0.335 e. The number of amides is 2. The van der Waals surface area contributed by atoms with Crippen LogP contribution >= 0.6 is 0 Å². The van der Waals surface area contributed by atoms with Gasteiger partial charge in [-0.05, 0) is 12.8 Å². The van der Waals surface area contributed by atoms with Gasteiger partial charge in [0.1, 0.15) is 0 Å². The van der Waals surface area contributed by atoms with Crippen LogP contribution in [0.25, 0.3) is 0 Å². The molecular weight excluding hydrogens is 278 g/mol. The lowest BCUT2D eigenvalue weighted by molar-refractivity contribution is -0.200. The molecule has 0 bridgehead atoms. The molecule has 21 heavy (non-hydrogen) atoms. The van der Waals surface area contributed by atoms with Gasteiger partial charge in [-0.3, -0.25) is 14.4 Å². The second-order valence-electron chi connectivity index (χ2n) is 5.01. The minimum Gasteiger partial charge on any atom is -0.466 e. The Morgan fingerprint density at radius 3 is 2.43 bits per heavy atom. The largest absolute Gasteiger partial charge is 0.466 e. The highest BCUT2D eigenvalue weighted by atomic mass is 16.7. The van der Waals surface area contributed by atoms with E-state index < -0.39 is 23.7 Å². The third kappa shape index (κ3) is 5.53. The molecule has 118 valence electrons. The van der Waals surface area contributed by atoms with Crippen LogP contribution in [0.1, 0.15) is 52.4 Å². The van der Waals surface area contributed by atoms with Crippen LogP contribution in [0.15, 0.2) is 0 Å². The van der Waals surface area contributed by atoms with Crippen molar-refractivity contribution < 1.29 is 28.8 Å². The van der Waals surface area contributed by atoms with Crippen molar-refractivity contribution in [3.8, 4) is 0 Å². The fourth-order valence-electron chi connectivity index (χ4n) is 1.69. The molecule has 1 saturated heterocycles. The fraction of sp³-hybridized carbons (Fsp3) is 0.714. The fourth-order valence-corrected chi connectivity index (χ4v) is 1.69. The van der Waals surface area contributed by atoms with Crippen LogP contribution in [0.2, 0.25) is 0 Å². The number of nitrogens with zero attached hydrogens (tertiary/aromatic N) is 1. The van der Waals surface area contributed by atoms with E-state index in [4.69, 9.17) is 9.57 Å². The highest BCUT2D eigenvalue weighted by Gasteiger charge is 2.34. The van der Waals surface area contributed by atoms with Gasteiger partial charge >= 0.3 is 11.9 Å². The Bertz CT molecular complexity index is 404. The molecule has 1 rings (SSSR count). The number of unbranched alkanes of at least 4 members (excludes halogenated alkanes) is 1. The molecule has 1 fully saturated rings. The molecule has 1 heterocycles. The molecule has 0 aliphatic carbocycles. The van der Waals surface area contributed by atoms with E-state index in [0.717, 1.165) is 12.8 Å². The Hall–Kier alpha value is -1.92. The first-order valence-electron chi connectivity index (χ1n) is 7.19. The summed E-state index contributed by atoms with van der Waals surface area (Å²) in [4.78, 5) is 50.5. The van der Waals surface area contributed by atoms with Gasteiger partial charge in [0.25, 0.3) is 11.8 Å². The summed E-state index contributed by atoms with van der Waals surface area (Å²) in [5.74, 6) is -2.68. The van der Waals surface area contributed by atoms with Gasteiger partial charge in [-0.25, -0.2) is 4.79 Å². The van der Waals surface area contributed by atoms with Crippen LogP contribution in [-0.2, 0) is 28.8 Å². The topological polar surface area (TPSA) is 90.0 Å². The first kappa shape index (κ1) is 17.1. The second kappa shape index (κ2) is 8.39. The molecule has 2 amide bonds. The van der Waals surface area contributed by atoms with Gasteiger partial charge in [0.15, 0.2) is 0 Å². The number of carbonyl (C=O) groups excluding carboxylic acids is 4. The van der Waals surface area contributed by atoms with Crippen molar-refractivity contribution >= 4 is 23.8 Å². The van der Waals surface area contributed by atoms with Crippen molar-refractivity contribution in [2.24, 2.45) is 5.92 Å². The van der Waals surface area contributed by atoms with E-state index in [1.165, 1.54) is 0 Å². The molecule has 0 aromatic rings.